The molecule has 0 atom stereocenters. The molecule has 98 valence electrons. The normalized spacial score (nSPS) is 15.4. The van der Waals surface area contributed by atoms with Crippen LogP contribution >= 0.6 is 0 Å². The number of hydrogen-bond donors (Lipinski definition) is 1. The van der Waals surface area contributed by atoms with Crippen molar-refractivity contribution in [1.82, 2.24) is 5.32 Å². The Bertz CT molecular complexity index is 400. The van der Waals surface area contributed by atoms with Gasteiger partial charge in [0.25, 0.3) is 5.91 Å². The third-order valence-corrected chi connectivity index (χ3v) is 3.06. The third kappa shape index (κ3) is 3.65. The Labute approximate surface area is 107 Å². The molecule has 1 amide bonds. The van der Waals surface area contributed by atoms with Crippen LogP contribution in [0.3, 0.4) is 0 Å². The lowest BCUT2D eigenvalue weighted by Crippen LogP contribution is -2.24. The predicted octanol–water partition coefficient (Wildman–Crippen LogP) is 2.13. The molecular formula is C14H19NO3. The van der Waals surface area contributed by atoms with Crippen molar-refractivity contribution in [2.45, 2.75) is 31.8 Å². The zero-order valence-corrected chi connectivity index (χ0v) is 10.6. The number of rotatable bonds is 5. The fourth-order valence-corrected chi connectivity index (χ4v) is 2.06. The molecule has 1 saturated carbocycles. The topological polar surface area (TPSA) is 47.6 Å². The molecule has 1 aromatic carbocycles. The summed E-state index contributed by atoms with van der Waals surface area (Å²) in [4.78, 5) is 11.1. The highest BCUT2D eigenvalue weighted by atomic mass is 16.5. The summed E-state index contributed by atoms with van der Waals surface area (Å²) in [6.07, 6.45) is 5.08. The standard InChI is InChI=1S/C14H19NO3/c1-15-14(16)10-17-12-7-4-8-13(9-12)18-11-5-2-3-6-11/h4,7-9,11H,2-3,5-6,10H2,1H3,(H,15,16). The molecule has 4 heteroatoms. The van der Waals surface area contributed by atoms with Crippen LogP contribution in [0.5, 0.6) is 11.5 Å². The van der Waals surface area contributed by atoms with Crippen LogP contribution in [0.2, 0.25) is 0 Å². The monoisotopic (exact) mass is 249 g/mol. The zero-order chi connectivity index (χ0) is 12.8. The Morgan fingerprint density at radius 2 is 2.06 bits per heavy atom. The van der Waals surface area contributed by atoms with Crippen molar-refractivity contribution in [3.05, 3.63) is 24.3 Å². The van der Waals surface area contributed by atoms with Crippen molar-refractivity contribution in [3.63, 3.8) is 0 Å². The molecule has 1 aliphatic rings. The summed E-state index contributed by atoms with van der Waals surface area (Å²) < 4.78 is 11.2. The van der Waals surface area contributed by atoms with Crippen LogP contribution in [0.1, 0.15) is 25.7 Å². The first-order valence-corrected chi connectivity index (χ1v) is 6.38. The first kappa shape index (κ1) is 12.7. The second-order valence-corrected chi connectivity index (χ2v) is 4.46. The summed E-state index contributed by atoms with van der Waals surface area (Å²) in [6.45, 7) is 0.0311. The Balaban J connectivity index is 1.89. The molecule has 1 aliphatic carbocycles. The van der Waals surface area contributed by atoms with Crippen molar-refractivity contribution in [2.24, 2.45) is 0 Å². The average molecular weight is 249 g/mol. The number of carbonyl (C=O) groups excluding carboxylic acids is 1. The van der Waals surface area contributed by atoms with Gasteiger partial charge in [0.05, 0.1) is 6.10 Å². The Morgan fingerprint density at radius 1 is 1.33 bits per heavy atom. The smallest absolute Gasteiger partial charge is 0.257 e. The van der Waals surface area contributed by atoms with Crippen LogP contribution in [-0.4, -0.2) is 25.7 Å². The molecule has 0 unspecified atom stereocenters. The van der Waals surface area contributed by atoms with Crippen molar-refractivity contribution in [2.75, 3.05) is 13.7 Å². The van der Waals surface area contributed by atoms with Gasteiger partial charge >= 0.3 is 0 Å². The highest BCUT2D eigenvalue weighted by Crippen LogP contribution is 2.26. The van der Waals surface area contributed by atoms with Crippen LogP contribution in [0.4, 0.5) is 0 Å². The average Bonchev–Trinajstić information content (AvgIpc) is 2.89. The van der Waals surface area contributed by atoms with Crippen molar-refractivity contribution < 1.29 is 14.3 Å². The fourth-order valence-electron chi connectivity index (χ4n) is 2.06. The van der Waals surface area contributed by atoms with Gasteiger partial charge in [-0.3, -0.25) is 4.79 Å². The SMILES string of the molecule is CNC(=O)COc1cccc(OC2CCCC2)c1. The molecule has 0 aliphatic heterocycles. The number of nitrogens with one attached hydrogen (secondary N) is 1. The first-order valence-electron chi connectivity index (χ1n) is 6.38. The lowest BCUT2D eigenvalue weighted by Gasteiger charge is -2.14. The van der Waals surface area contributed by atoms with E-state index in [1.165, 1.54) is 12.8 Å². The van der Waals surface area contributed by atoms with Gasteiger partial charge < -0.3 is 14.8 Å². The molecule has 0 saturated heterocycles. The number of hydrogen-bond acceptors (Lipinski definition) is 3. The van der Waals surface area contributed by atoms with Gasteiger partial charge in [0.2, 0.25) is 0 Å². The van der Waals surface area contributed by atoms with E-state index in [9.17, 15) is 4.79 Å². The van der Waals surface area contributed by atoms with Gasteiger partial charge in [-0.1, -0.05) is 6.07 Å². The molecule has 18 heavy (non-hydrogen) atoms. The number of carbonyl (C=O) groups is 1. The lowest BCUT2D eigenvalue weighted by molar-refractivity contribution is -0.122. The van der Waals surface area contributed by atoms with E-state index in [4.69, 9.17) is 9.47 Å². The molecule has 4 nitrogen and oxygen atoms in total. The quantitative estimate of drug-likeness (QED) is 0.869. The Kier molecular flexibility index (Phi) is 4.45. The van der Waals surface area contributed by atoms with E-state index in [1.807, 2.05) is 24.3 Å². The number of benzene rings is 1. The van der Waals surface area contributed by atoms with E-state index in [1.54, 1.807) is 7.05 Å². The molecule has 0 radical (unpaired) electrons. The highest BCUT2D eigenvalue weighted by molar-refractivity contribution is 5.77. The van der Waals surface area contributed by atoms with E-state index < -0.39 is 0 Å². The molecule has 0 aromatic heterocycles. The summed E-state index contributed by atoms with van der Waals surface area (Å²) >= 11 is 0. The van der Waals surface area contributed by atoms with Crippen LogP contribution in [0.15, 0.2) is 24.3 Å². The summed E-state index contributed by atoms with van der Waals surface area (Å²) in [6, 6.07) is 7.46. The van der Waals surface area contributed by atoms with Crippen LogP contribution < -0.4 is 14.8 Å². The maximum atomic E-state index is 11.1. The maximum absolute atomic E-state index is 11.1. The van der Waals surface area contributed by atoms with Crippen molar-refractivity contribution in [3.8, 4) is 11.5 Å². The molecule has 1 fully saturated rings. The van der Waals surface area contributed by atoms with E-state index >= 15 is 0 Å². The van der Waals surface area contributed by atoms with E-state index in [0.717, 1.165) is 18.6 Å². The molecule has 0 spiro atoms. The zero-order valence-electron chi connectivity index (χ0n) is 10.6. The van der Waals surface area contributed by atoms with Gasteiger partial charge in [-0.2, -0.15) is 0 Å². The van der Waals surface area contributed by atoms with Gasteiger partial charge in [-0.25, -0.2) is 0 Å². The Hall–Kier alpha value is -1.71. The third-order valence-electron chi connectivity index (χ3n) is 3.06. The molecular weight excluding hydrogens is 230 g/mol. The lowest BCUT2D eigenvalue weighted by atomic mass is 10.3. The molecule has 0 bridgehead atoms. The maximum Gasteiger partial charge on any atom is 0.257 e. The summed E-state index contributed by atoms with van der Waals surface area (Å²) in [5, 5.41) is 2.51. The summed E-state index contributed by atoms with van der Waals surface area (Å²) in [5.41, 5.74) is 0. The van der Waals surface area contributed by atoms with Gasteiger partial charge in [0, 0.05) is 13.1 Å². The van der Waals surface area contributed by atoms with E-state index in [-0.39, 0.29) is 12.5 Å². The Morgan fingerprint density at radius 3 is 2.78 bits per heavy atom. The highest BCUT2D eigenvalue weighted by Gasteiger charge is 2.16. The van der Waals surface area contributed by atoms with Crippen molar-refractivity contribution >= 4 is 5.91 Å². The van der Waals surface area contributed by atoms with Crippen LogP contribution in [0.25, 0.3) is 0 Å². The largest absolute Gasteiger partial charge is 0.490 e. The molecule has 2 rings (SSSR count). The summed E-state index contributed by atoms with van der Waals surface area (Å²) in [7, 11) is 1.59. The van der Waals surface area contributed by atoms with Crippen LogP contribution in [0, 0.1) is 0 Å². The molecule has 0 heterocycles. The first-order chi connectivity index (χ1) is 8.78. The van der Waals surface area contributed by atoms with Gasteiger partial charge in [0.1, 0.15) is 11.5 Å². The number of likely N-dealkylation sites (N-methyl/N-ethyl adjacent to an activating group) is 1. The minimum absolute atomic E-state index is 0.0311. The number of ether oxygens (including phenoxy) is 2. The number of amides is 1. The minimum Gasteiger partial charge on any atom is -0.490 e. The molecule has 1 aromatic rings. The van der Waals surface area contributed by atoms with Gasteiger partial charge in [0.15, 0.2) is 6.61 Å². The van der Waals surface area contributed by atoms with E-state index in [0.29, 0.717) is 11.9 Å². The predicted molar refractivity (Wildman–Crippen MR) is 68.9 cm³/mol. The fraction of sp³-hybridized carbons (Fsp3) is 0.500. The van der Waals surface area contributed by atoms with Crippen molar-refractivity contribution in [1.29, 1.82) is 0 Å². The van der Waals surface area contributed by atoms with Gasteiger partial charge in [-0.15, -0.1) is 0 Å². The van der Waals surface area contributed by atoms with Crippen LogP contribution in [-0.2, 0) is 4.79 Å². The minimum atomic E-state index is -0.142. The van der Waals surface area contributed by atoms with E-state index in [2.05, 4.69) is 5.32 Å². The van der Waals surface area contributed by atoms with Gasteiger partial charge in [-0.05, 0) is 37.8 Å². The molecule has 1 N–H and O–H groups in total. The second-order valence-electron chi connectivity index (χ2n) is 4.46. The second kappa shape index (κ2) is 6.28. The summed E-state index contributed by atoms with van der Waals surface area (Å²) in [5.74, 6) is 1.34.